The Morgan fingerprint density at radius 3 is 2.59 bits per heavy atom. The predicted molar refractivity (Wildman–Crippen MR) is 70.0 cm³/mol. The van der Waals surface area contributed by atoms with Gasteiger partial charge in [0.25, 0.3) is 0 Å². The summed E-state index contributed by atoms with van der Waals surface area (Å²) in [5.41, 5.74) is 5.82. The summed E-state index contributed by atoms with van der Waals surface area (Å²) in [6.07, 6.45) is 3.86. The van der Waals surface area contributed by atoms with E-state index in [0.29, 0.717) is 10.2 Å². The van der Waals surface area contributed by atoms with Crippen molar-refractivity contribution in [3.63, 3.8) is 0 Å². The van der Waals surface area contributed by atoms with Gasteiger partial charge in [-0.05, 0) is 47.7 Å². The molecule has 0 atom stereocenters. The van der Waals surface area contributed by atoms with Gasteiger partial charge in [-0.2, -0.15) is 0 Å². The maximum absolute atomic E-state index is 13.3. The van der Waals surface area contributed by atoms with E-state index in [-0.39, 0.29) is 17.2 Å². The highest BCUT2D eigenvalue weighted by molar-refractivity contribution is 9.10. The van der Waals surface area contributed by atoms with Crippen LogP contribution in [0.1, 0.15) is 25.7 Å². The molecule has 2 rings (SSSR count). The molecule has 1 aliphatic rings. The van der Waals surface area contributed by atoms with Gasteiger partial charge in [-0.1, -0.05) is 11.6 Å². The summed E-state index contributed by atoms with van der Waals surface area (Å²) in [5, 5.41) is 0.0925. The molecule has 0 bridgehead atoms. The Hall–Kier alpha value is -0.320. The Balaban J connectivity index is 2.06. The molecular weight excluding hydrogens is 308 g/mol. The Labute approximate surface area is 113 Å². The highest BCUT2D eigenvalue weighted by atomic mass is 79.9. The van der Waals surface area contributed by atoms with Crippen LogP contribution >= 0.6 is 27.5 Å². The molecule has 94 valence electrons. The Morgan fingerprint density at radius 1 is 1.29 bits per heavy atom. The lowest BCUT2D eigenvalue weighted by atomic mass is 9.94. The minimum absolute atomic E-state index is 0.0925. The SMILES string of the molecule is NC1CCC(Oc2cc(F)c(Cl)cc2Br)CC1. The van der Waals surface area contributed by atoms with Gasteiger partial charge < -0.3 is 10.5 Å². The van der Waals surface area contributed by atoms with Crippen LogP contribution in [0.5, 0.6) is 5.75 Å². The molecular formula is C12H14BrClFNO. The van der Waals surface area contributed by atoms with Crippen molar-refractivity contribution in [2.45, 2.75) is 37.8 Å². The molecule has 0 unspecified atom stereocenters. The summed E-state index contributed by atoms with van der Waals surface area (Å²) in [4.78, 5) is 0. The molecule has 1 fully saturated rings. The van der Waals surface area contributed by atoms with E-state index in [1.54, 1.807) is 0 Å². The molecule has 0 radical (unpaired) electrons. The molecule has 0 heterocycles. The number of hydrogen-bond acceptors (Lipinski definition) is 2. The predicted octanol–water partition coefficient (Wildman–Crippen LogP) is 3.89. The molecule has 0 aliphatic heterocycles. The second-order valence-corrected chi connectivity index (χ2v) is 5.61. The van der Waals surface area contributed by atoms with Crippen molar-refractivity contribution in [2.75, 3.05) is 0 Å². The Kier molecular flexibility index (Phi) is 4.28. The monoisotopic (exact) mass is 321 g/mol. The number of ether oxygens (including phenoxy) is 1. The molecule has 1 saturated carbocycles. The second-order valence-electron chi connectivity index (χ2n) is 4.35. The first-order chi connectivity index (χ1) is 8.06. The van der Waals surface area contributed by atoms with Gasteiger partial charge in [0.1, 0.15) is 11.6 Å². The lowest BCUT2D eigenvalue weighted by molar-refractivity contribution is 0.145. The molecule has 0 amide bonds. The average molecular weight is 323 g/mol. The first kappa shape index (κ1) is 13.1. The molecule has 0 saturated heterocycles. The van der Waals surface area contributed by atoms with Crippen LogP contribution in [0.3, 0.4) is 0 Å². The smallest absolute Gasteiger partial charge is 0.145 e. The van der Waals surface area contributed by atoms with Gasteiger partial charge in [-0.25, -0.2) is 4.39 Å². The Bertz CT molecular complexity index is 408. The number of benzene rings is 1. The minimum atomic E-state index is -0.461. The third kappa shape index (κ3) is 3.33. The fourth-order valence-electron chi connectivity index (χ4n) is 1.98. The van der Waals surface area contributed by atoms with Crippen LogP contribution in [0.15, 0.2) is 16.6 Å². The third-order valence-corrected chi connectivity index (χ3v) is 3.90. The third-order valence-electron chi connectivity index (χ3n) is 2.99. The van der Waals surface area contributed by atoms with E-state index in [9.17, 15) is 4.39 Å². The zero-order valence-electron chi connectivity index (χ0n) is 9.26. The highest BCUT2D eigenvalue weighted by Crippen LogP contribution is 2.33. The van der Waals surface area contributed by atoms with Crippen LogP contribution in [-0.2, 0) is 0 Å². The number of hydrogen-bond donors (Lipinski definition) is 1. The maximum atomic E-state index is 13.3. The lowest BCUT2D eigenvalue weighted by Crippen LogP contribution is -2.31. The van der Waals surface area contributed by atoms with Crippen LogP contribution < -0.4 is 10.5 Å². The maximum Gasteiger partial charge on any atom is 0.145 e. The van der Waals surface area contributed by atoms with Crippen LogP contribution in [0.4, 0.5) is 4.39 Å². The van der Waals surface area contributed by atoms with E-state index in [1.807, 2.05) is 0 Å². The second kappa shape index (κ2) is 5.55. The molecule has 1 aromatic rings. The van der Waals surface area contributed by atoms with E-state index in [0.717, 1.165) is 25.7 Å². The quantitative estimate of drug-likeness (QED) is 0.838. The molecule has 17 heavy (non-hydrogen) atoms. The largest absolute Gasteiger partial charge is 0.489 e. The number of halogens is 3. The van der Waals surface area contributed by atoms with Gasteiger partial charge in [-0.3, -0.25) is 0 Å². The van der Waals surface area contributed by atoms with Gasteiger partial charge in [0.2, 0.25) is 0 Å². The van der Waals surface area contributed by atoms with Gasteiger partial charge in [-0.15, -0.1) is 0 Å². The molecule has 2 nitrogen and oxygen atoms in total. The van der Waals surface area contributed by atoms with Crippen molar-refractivity contribution in [1.82, 2.24) is 0 Å². The molecule has 0 spiro atoms. The minimum Gasteiger partial charge on any atom is -0.489 e. The van der Waals surface area contributed by atoms with Crippen molar-refractivity contribution >= 4 is 27.5 Å². The molecule has 2 N–H and O–H groups in total. The van der Waals surface area contributed by atoms with Crippen molar-refractivity contribution < 1.29 is 9.13 Å². The number of nitrogens with two attached hydrogens (primary N) is 1. The van der Waals surface area contributed by atoms with Crippen LogP contribution in [-0.4, -0.2) is 12.1 Å². The summed E-state index contributed by atoms with van der Waals surface area (Å²) < 4.78 is 19.8. The van der Waals surface area contributed by atoms with Crippen molar-refractivity contribution in [3.05, 3.63) is 27.4 Å². The topological polar surface area (TPSA) is 35.2 Å². The van der Waals surface area contributed by atoms with Gasteiger partial charge in [0.15, 0.2) is 0 Å². The van der Waals surface area contributed by atoms with E-state index < -0.39 is 5.82 Å². The molecule has 0 aromatic heterocycles. The van der Waals surface area contributed by atoms with E-state index in [2.05, 4.69) is 15.9 Å². The van der Waals surface area contributed by atoms with Crippen molar-refractivity contribution in [2.24, 2.45) is 5.73 Å². The van der Waals surface area contributed by atoms with Crippen molar-refractivity contribution in [3.8, 4) is 5.75 Å². The van der Waals surface area contributed by atoms with Gasteiger partial charge >= 0.3 is 0 Å². The van der Waals surface area contributed by atoms with E-state index in [4.69, 9.17) is 22.1 Å². The van der Waals surface area contributed by atoms with Crippen LogP contribution in [0.2, 0.25) is 5.02 Å². The normalized spacial score (nSPS) is 24.7. The molecule has 1 aromatic carbocycles. The first-order valence-electron chi connectivity index (χ1n) is 5.63. The Morgan fingerprint density at radius 2 is 1.94 bits per heavy atom. The van der Waals surface area contributed by atoms with Crippen molar-refractivity contribution in [1.29, 1.82) is 0 Å². The average Bonchev–Trinajstić information content (AvgIpc) is 2.29. The first-order valence-corrected chi connectivity index (χ1v) is 6.80. The summed E-state index contributed by atoms with van der Waals surface area (Å²) in [5.74, 6) is 0.0461. The van der Waals surface area contributed by atoms with Crippen LogP contribution in [0.25, 0.3) is 0 Å². The summed E-state index contributed by atoms with van der Waals surface area (Å²) in [6, 6.07) is 3.11. The molecule has 5 heteroatoms. The zero-order chi connectivity index (χ0) is 12.4. The molecule has 1 aliphatic carbocycles. The zero-order valence-corrected chi connectivity index (χ0v) is 11.6. The van der Waals surface area contributed by atoms with E-state index >= 15 is 0 Å². The highest BCUT2D eigenvalue weighted by Gasteiger charge is 2.21. The van der Waals surface area contributed by atoms with Crippen LogP contribution in [0, 0.1) is 5.82 Å². The summed E-state index contributed by atoms with van der Waals surface area (Å²) >= 11 is 8.99. The number of rotatable bonds is 2. The fourth-order valence-corrected chi connectivity index (χ4v) is 2.71. The standard InChI is InChI=1S/C12H14BrClFNO/c13-9-5-10(14)11(15)6-12(9)17-8-3-1-7(16)2-4-8/h5-8H,1-4,16H2. The van der Waals surface area contributed by atoms with Gasteiger partial charge in [0, 0.05) is 12.1 Å². The fraction of sp³-hybridized carbons (Fsp3) is 0.500. The summed E-state index contributed by atoms with van der Waals surface area (Å²) in [7, 11) is 0. The lowest BCUT2D eigenvalue weighted by Gasteiger charge is -2.27. The summed E-state index contributed by atoms with van der Waals surface area (Å²) in [6.45, 7) is 0. The van der Waals surface area contributed by atoms with Gasteiger partial charge in [0.05, 0.1) is 15.6 Å². The van der Waals surface area contributed by atoms with E-state index in [1.165, 1.54) is 12.1 Å².